The zero-order valence-electron chi connectivity index (χ0n) is 12.9. The Kier molecular flexibility index (Phi) is 3.83. The van der Waals surface area contributed by atoms with Crippen molar-refractivity contribution in [3.05, 3.63) is 30.1 Å². The third kappa shape index (κ3) is 2.45. The number of hydrogen-bond acceptors (Lipinski definition) is 3. The van der Waals surface area contributed by atoms with Crippen molar-refractivity contribution in [3.63, 3.8) is 0 Å². The molecule has 0 bridgehead atoms. The van der Waals surface area contributed by atoms with Crippen molar-refractivity contribution in [1.29, 1.82) is 0 Å². The Bertz CT molecular complexity index is 722. The van der Waals surface area contributed by atoms with E-state index in [0.717, 1.165) is 36.2 Å². The molecule has 1 fully saturated rings. The third-order valence-corrected chi connectivity index (χ3v) is 4.22. The van der Waals surface area contributed by atoms with Crippen molar-refractivity contribution in [2.75, 3.05) is 13.6 Å². The summed E-state index contributed by atoms with van der Waals surface area (Å²) in [4.78, 5) is 30.3. The maximum absolute atomic E-state index is 11.9. The van der Waals surface area contributed by atoms with Crippen LogP contribution in [0.15, 0.2) is 24.3 Å². The highest BCUT2D eigenvalue weighted by atomic mass is 16.2. The molecule has 6 nitrogen and oxygen atoms in total. The summed E-state index contributed by atoms with van der Waals surface area (Å²) in [6, 6.07) is 7.72. The Morgan fingerprint density at radius 1 is 1.36 bits per heavy atom. The molecule has 1 aromatic carbocycles. The molecule has 0 saturated carbocycles. The molecule has 6 heteroatoms. The van der Waals surface area contributed by atoms with Crippen LogP contribution in [-0.2, 0) is 16.1 Å². The summed E-state index contributed by atoms with van der Waals surface area (Å²) in [6.07, 6.45) is 1.85. The van der Waals surface area contributed by atoms with E-state index in [0.29, 0.717) is 0 Å². The Hall–Kier alpha value is -2.37. The molecule has 2 amide bonds. The number of benzene rings is 1. The predicted molar refractivity (Wildman–Crippen MR) is 83.2 cm³/mol. The number of fused-ring (bicyclic) bond motifs is 1. The van der Waals surface area contributed by atoms with Gasteiger partial charge in [0, 0.05) is 20.5 Å². The lowest BCUT2D eigenvalue weighted by Crippen LogP contribution is -2.31. The van der Waals surface area contributed by atoms with Crippen LogP contribution in [0, 0.1) is 0 Å². The first-order valence-electron chi connectivity index (χ1n) is 7.54. The highest BCUT2D eigenvalue weighted by Gasteiger charge is 2.32. The molecular weight excluding hydrogens is 280 g/mol. The van der Waals surface area contributed by atoms with E-state index in [-0.39, 0.29) is 24.4 Å². The number of amides is 2. The van der Waals surface area contributed by atoms with Gasteiger partial charge in [0.05, 0.1) is 17.1 Å². The van der Waals surface area contributed by atoms with Gasteiger partial charge >= 0.3 is 0 Å². The molecule has 3 rings (SSSR count). The first-order valence-corrected chi connectivity index (χ1v) is 7.54. The van der Waals surface area contributed by atoms with Crippen LogP contribution >= 0.6 is 0 Å². The average Bonchev–Trinajstić information content (AvgIpc) is 3.12. The van der Waals surface area contributed by atoms with E-state index in [1.165, 1.54) is 0 Å². The molecule has 1 atom stereocenters. The smallest absolute Gasteiger partial charge is 0.239 e. The standard InChI is InChI=1S/C16H20N4O2/c1-11(21)19-9-5-8-14(19)16-18-12-6-3-4-7-13(12)20(16)10-15(22)17-2/h3-4,6-7,14H,5,8-10H2,1-2H3,(H,17,22)/t14-/m0/s1. The Labute approximate surface area is 129 Å². The SMILES string of the molecule is CNC(=O)Cn1c([C@@H]2CCCN2C(C)=O)nc2ccccc21. The topological polar surface area (TPSA) is 67.2 Å². The van der Waals surface area contributed by atoms with E-state index in [1.807, 2.05) is 33.7 Å². The molecule has 1 saturated heterocycles. The molecule has 2 aromatic rings. The minimum absolute atomic E-state index is 0.0467. The quantitative estimate of drug-likeness (QED) is 0.933. The fraction of sp³-hybridized carbons (Fsp3) is 0.438. The molecule has 1 N–H and O–H groups in total. The van der Waals surface area contributed by atoms with Crippen LogP contribution in [0.1, 0.15) is 31.6 Å². The Morgan fingerprint density at radius 2 is 2.14 bits per heavy atom. The minimum Gasteiger partial charge on any atom is -0.358 e. The van der Waals surface area contributed by atoms with Crippen LogP contribution in [0.4, 0.5) is 0 Å². The monoisotopic (exact) mass is 300 g/mol. The van der Waals surface area contributed by atoms with E-state index in [1.54, 1.807) is 14.0 Å². The molecule has 2 heterocycles. The van der Waals surface area contributed by atoms with Crippen molar-refractivity contribution in [1.82, 2.24) is 19.8 Å². The lowest BCUT2D eigenvalue weighted by molar-refractivity contribution is -0.129. The summed E-state index contributed by atoms with van der Waals surface area (Å²) in [5, 5.41) is 2.65. The molecule has 0 aliphatic carbocycles. The molecular formula is C16H20N4O2. The molecule has 0 radical (unpaired) electrons. The summed E-state index contributed by atoms with van der Waals surface area (Å²) < 4.78 is 1.93. The number of rotatable bonds is 3. The summed E-state index contributed by atoms with van der Waals surface area (Å²) in [5.41, 5.74) is 1.79. The number of carbonyl (C=O) groups excluding carboxylic acids is 2. The average molecular weight is 300 g/mol. The largest absolute Gasteiger partial charge is 0.358 e. The lowest BCUT2D eigenvalue weighted by atomic mass is 10.2. The third-order valence-electron chi connectivity index (χ3n) is 4.22. The van der Waals surface area contributed by atoms with Crippen LogP contribution in [0.2, 0.25) is 0 Å². The second kappa shape index (κ2) is 5.79. The number of aromatic nitrogens is 2. The van der Waals surface area contributed by atoms with Gasteiger partial charge in [-0.2, -0.15) is 0 Å². The summed E-state index contributed by atoms with van der Waals surface area (Å²) in [5.74, 6) is 0.787. The Morgan fingerprint density at radius 3 is 2.86 bits per heavy atom. The zero-order chi connectivity index (χ0) is 15.7. The van der Waals surface area contributed by atoms with Crippen molar-refractivity contribution < 1.29 is 9.59 Å². The van der Waals surface area contributed by atoms with Crippen LogP contribution in [-0.4, -0.2) is 39.9 Å². The van der Waals surface area contributed by atoms with Crippen LogP contribution < -0.4 is 5.32 Å². The van der Waals surface area contributed by atoms with Crippen molar-refractivity contribution in [3.8, 4) is 0 Å². The van der Waals surface area contributed by atoms with Gasteiger partial charge in [-0.1, -0.05) is 12.1 Å². The van der Waals surface area contributed by atoms with Crippen LogP contribution in [0.25, 0.3) is 11.0 Å². The van der Waals surface area contributed by atoms with Gasteiger partial charge in [-0.05, 0) is 25.0 Å². The maximum Gasteiger partial charge on any atom is 0.239 e. The molecule has 0 unspecified atom stereocenters. The zero-order valence-corrected chi connectivity index (χ0v) is 12.9. The normalized spacial score (nSPS) is 17.9. The lowest BCUT2D eigenvalue weighted by Gasteiger charge is -2.23. The first-order chi connectivity index (χ1) is 10.6. The van der Waals surface area contributed by atoms with E-state index in [9.17, 15) is 9.59 Å². The highest BCUT2D eigenvalue weighted by molar-refractivity contribution is 5.81. The van der Waals surface area contributed by atoms with E-state index in [4.69, 9.17) is 4.98 Å². The summed E-state index contributed by atoms with van der Waals surface area (Å²) in [6.45, 7) is 2.56. The molecule has 1 aliphatic heterocycles. The molecule has 116 valence electrons. The van der Waals surface area contributed by atoms with E-state index < -0.39 is 0 Å². The van der Waals surface area contributed by atoms with Gasteiger partial charge in [-0.25, -0.2) is 4.98 Å². The summed E-state index contributed by atoms with van der Waals surface area (Å²) >= 11 is 0. The highest BCUT2D eigenvalue weighted by Crippen LogP contribution is 2.33. The van der Waals surface area contributed by atoms with Gasteiger partial charge < -0.3 is 14.8 Å². The van der Waals surface area contributed by atoms with E-state index in [2.05, 4.69) is 5.32 Å². The van der Waals surface area contributed by atoms with Crippen molar-refractivity contribution >= 4 is 22.8 Å². The minimum atomic E-state index is -0.0724. The summed E-state index contributed by atoms with van der Waals surface area (Å²) in [7, 11) is 1.62. The fourth-order valence-electron chi connectivity index (χ4n) is 3.15. The second-order valence-electron chi connectivity index (χ2n) is 5.59. The second-order valence-corrected chi connectivity index (χ2v) is 5.59. The van der Waals surface area contributed by atoms with E-state index >= 15 is 0 Å². The van der Waals surface area contributed by atoms with Crippen LogP contribution in [0.5, 0.6) is 0 Å². The predicted octanol–water partition coefficient (Wildman–Crippen LogP) is 1.47. The number of likely N-dealkylation sites (N-methyl/N-ethyl adjacent to an activating group) is 1. The number of nitrogens with zero attached hydrogens (tertiary/aromatic N) is 3. The molecule has 1 aromatic heterocycles. The van der Waals surface area contributed by atoms with Gasteiger partial charge in [0.15, 0.2) is 0 Å². The maximum atomic E-state index is 11.9. The molecule has 1 aliphatic rings. The van der Waals surface area contributed by atoms with Gasteiger partial charge in [0.1, 0.15) is 12.4 Å². The number of likely N-dealkylation sites (tertiary alicyclic amines) is 1. The molecule has 22 heavy (non-hydrogen) atoms. The number of nitrogens with one attached hydrogen (secondary N) is 1. The number of imidazole rings is 1. The first kappa shape index (κ1) is 14.6. The van der Waals surface area contributed by atoms with Gasteiger partial charge in [0.2, 0.25) is 11.8 Å². The van der Waals surface area contributed by atoms with Crippen molar-refractivity contribution in [2.45, 2.75) is 32.4 Å². The van der Waals surface area contributed by atoms with Gasteiger partial charge in [-0.3, -0.25) is 9.59 Å². The van der Waals surface area contributed by atoms with Gasteiger partial charge in [0.25, 0.3) is 0 Å². The number of carbonyl (C=O) groups is 2. The number of para-hydroxylation sites is 2. The molecule has 0 spiro atoms. The Balaban J connectivity index is 2.09. The van der Waals surface area contributed by atoms with Gasteiger partial charge in [-0.15, -0.1) is 0 Å². The fourth-order valence-corrected chi connectivity index (χ4v) is 3.15. The van der Waals surface area contributed by atoms with Crippen LogP contribution in [0.3, 0.4) is 0 Å². The van der Waals surface area contributed by atoms with Crippen molar-refractivity contribution in [2.24, 2.45) is 0 Å². The number of hydrogen-bond donors (Lipinski definition) is 1.